The molecule has 28 heavy (non-hydrogen) atoms. The van der Waals surface area contributed by atoms with Crippen molar-refractivity contribution in [2.45, 2.75) is 38.6 Å². The van der Waals surface area contributed by atoms with Crippen LogP contribution < -0.4 is 5.32 Å². The van der Waals surface area contributed by atoms with Crippen molar-refractivity contribution in [2.75, 3.05) is 32.7 Å². The SMILES string of the molecule is CC(C)(CN1CCN(C(=O)c2ccncc2F)CC1)NC(=O)CC1C=CCC1. The number of rotatable bonds is 6. The van der Waals surface area contributed by atoms with E-state index < -0.39 is 5.82 Å². The number of allylic oxidation sites excluding steroid dienone is 2. The van der Waals surface area contributed by atoms with Crippen molar-refractivity contribution in [3.63, 3.8) is 0 Å². The molecule has 2 heterocycles. The standard InChI is InChI=1S/C21H29FN4O2/c1-21(2,24-19(27)13-16-5-3-4-6-16)15-25-9-11-26(12-10-25)20(28)17-7-8-23-14-18(17)22/h3,5,7-8,14,16H,4,6,9-13,15H2,1-2H3,(H,24,27). The molecule has 1 aliphatic carbocycles. The minimum Gasteiger partial charge on any atom is -0.350 e. The maximum absolute atomic E-state index is 13.8. The highest BCUT2D eigenvalue weighted by Gasteiger charge is 2.29. The topological polar surface area (TPSA) is 65.5 Å². The summed E-state index contributed by atoms with van der Waals surface area (Å²) in [6, 6.07) is 1.42. The molecule has 152 valence electrons. The van der Waals surface area contributed by atoms with Crippen LogP contribution in [0.4, 0.5) is 4.39 Å². The zero-order chi connectivity index (χ0) is 20.1. The second-order valence-electron chi connectivity index (χ2n) is 8.33. The minimum atomic E-state index is -0.587. The Morgan fingerprint density at radius 2 is 2.04 bits per heavy atom. The van der Waals surface area contributed by atoms with Crippen molar-refractivity contribution in [1.82, 2.24) is 20.1 Å². The van der Waals surface area contributed by atoms with E-state index in [1.807, 2.05) is 13.8 Å². The highest BCUT2D eigenvalue weighted by molar-refractivity contribution is 5.94. The van der Waals surface area contributed by atoms with E-state index in [9.17, 15) is 14.0 Å². The van der Waals surface area contributed by atoms with E-state index in [1.54, 1.807) is 4.90 Å². The highest BCUT2D eigenvalue weighted by atomic mass is 19.1. The van der Waals surface area contributed by atoms with Gasteiger partial charge in [-0.3, -0.25) is 19.5 Å². The number of halogens is 1. The third-order valence-corrected chi connectivity index (χ3v) is 5.32. The van der Waals surface area contributed by atoms with Gasteiger partial charge in [0.15, 0.2) is 5.82 Å². The summed E-state index contributed by atoms with van der Waals surface area (Å²) in [6.45, 7) is 7.24. The van der Waals surface area contributed by atoms with Crippen LogP contribution >= 0.6 is 0 Å². The van der Waals surface area contributed by atoms with Gasteiger partial charge in [-0.1, -0.05) is 12.2 Å². The maximum Gasteiger partial charge on any atom is 0.257 e. The normalized spacial score (nSPS) is 20.4. The zero-order valence-corrected chi connectivity index (χ0v) is 16.7. The number of nitrogens with zero attached hydrogens (tertiary/aromatic N) is 3. The molecule has 2 aliphatic rings. The lowest BCUT2D eigenvalue weighted by atomic mass is 10.0. The number of piperazine rings is 1. The van der Waals surface area contributed by atoms with Crippen LogP contribution in [0, 0.1) is 11.7 Å². The Kier molecular flexibility index (Phi) is 6.44. The van der Waals surface area contributed by atoms with Gasteiger partial charge >= 0.3 is 0 Å². The molecule has 0 radical (unpaired) electrons. The van der Waals surface area contributed by atoms with Gasteiger partial charge in [0.1, 0.15) is 0 Å². The molecule has 1 N–H and O–H groups in total. The molecule has 1 unspecified atom stereocenters. The number of carbonyl (C=O) groups excluding carboxylic acids is 2. The van der Waals surface area contributed by atoms with E-state index in [0.717, 1.165) is 19.0 Å². The first kappa shape index (κ1) is 20.5. The third-order valence-electron chi connectivity index (χ3n) is 5.32. The molecule has 1 aromatic rings. The summed E-state index contributed by atoms with van der Waals surface area (Å²) in [4.78, 5) is 32.4. The number of amides is 2. The quantitative estimate of drug-likeness (QED) is 0.759. The second kappa shape index (κ2) is 8.82. The predicted molar refractivity (Wildman–Crippen MR) is 105 cm³/mol. The molecule has 1 aromatic heterocycles. The van der Waals surface area contributed by atoms with Crippen molar-refractivity contribution >= 4 is 11.8 Å². The van der Waals surface area contributed by atoms with Gasteiger partial charge in [-0.2, -0.15) is 0 Å². The van der Waals surface area contributed by atoms with E-state index in [-0.39, 0.29) is 22.9 Å². The number of hydrogen-bond acceptors (Lipinski definition) is 4. The van der Waals surface area contributed by atoms with Crippen LogP contribution in [0.2, 0.25) is 0 Å². The molecule has 1 saturated heterocycles. The number of pyridine rings is 1. The van der Waals surface area contributed by atoms with Crippen LogP contribution in [0.25, 0.3) is 0 Å². The average Bonchev–Trinajstić information content (AvgIpc) is 3.14. The van der Waals surface area contributed by atoms with Crippen LogP contribution in [0.15, 0.2) is 30.6 Å². The van der Waals surface area contributed by atoms with Crippen LogP contribution in [0.5, 0.6) is 0 Å². The van der Waals surface area contributed by atoms with Crippen molar-refractivity contribution < 1.29 is 14.0 Å². The van der Waals surface area contributed by atoms with Crippen molar-refractivity contribution in [3.8, 4) is 0 Å². The summed E-state index contributed by atoms with van der Waals surface area (Å²) < 4.78 is 13.8. The van der Waals surface area contributed by atoms with Gasteiger partial charge in [-0.25, -0.2) is 4.39 Å². The Hall–Kier alpha value is -2.28. The molecule has 1 atom stereocenters. The Balaban J connectivity index is 1.46. The lowest BCUT2D eigenvalue weighted by Crippen LogP contribution is -2.56. The van der Waals surface area contributed by atoms with Crippen LogP contribution in [-0.2, 0) is 4.79 Å². The van der Waals surface area contributed by atoms with E-state index >= 15 is 0 Å². The molecule has 7 heteroatoms. The highest BCUT2D eigenvalue weighted by Crippen LogP contribution is 2.21. The molecule has 2 amide bonds. The maximum atomic E-state index is 13.8. The van der Waals surface area contributed by atoms with Gasteiger partial charge in [0, 0.05) is 50.9 Å². The monoisotopic (exact) mass is 388 g/mol. The summed E-state index contributed by atoms with van der Waals surface area (Å²) in [5.41, 5.74) is -0.278. The Morgan fingerprint density at radius 1 is 1.29 bits per heavy atom. The molecule has 3 rings (SSSR count). The van der Waals surface area contributed by atoms with E-state index in [1.165, 1.54) is 12.3 Å². The third kappa shape index (κ3) is 5.38. The first-order valence-electron chi connectivity index (χ1n) is 9.93. The van der Waals surface area contributed by atoms with Gasteiger partial charge in [-0.15, -0.1) is 0 Å². The second-order valence-corrected chi connectivity index (χ2v) is 8.33. The summed E-state index contributed by atoms with van der Waals surface area (Å²) in [5.74, 6) is -0.435. The van der Waals surface area contributed by atoms with Gasteiger partial charge < -0.3 is 10.2 Å². The number of hydrogen-bond donors (Lipinski definition) is 1. The van der Waals surface area contributed by atoms with Gasteiger partial charge in [0.2, 0.25) is 5.91 Å². The molecule has 1 fully saturated rings. The molecule has 0 bridgehead atoms. The first-order chi connectivity index (χ1) is 13.3. The summed E-state index contributed by atoms with van der Waals surface area (Å²) >= 11 is 0. The Morgan fingerprint density at radius 3 is 2.68 bits per heavy atom. The minimum absolute atomic E-state index is 0.0667. The van der Waals surface area contributed by atoms with Crippen molar-refractivity contribution in [1.29, 1.82) is 0 Å². The molecule has 6 nitrogen and oxygen atoms in total. The van der Waals surface area contributed by atoms with E-state index in [4.69, 9.17) is 0 Å². The van der Waals surface area contributed by atoms with Gasteiger partial charge in [0.05, 0.1) is 11.8 Å². The van der Waals surface area contributed by atoms with Crippen molar-refractivity contribution in [3.05, 3.63) is 42.0 Å². The fraction of sp³-hybridized carbons (Fsp3) is 0.571. The fourth-order valence-electron chi connectivity index (χ4n) is 3.96. The number of aromatic nitrogens is 1. The van der Waals surface area contributed by atoms with Crippen LogP contribution in [0.3, 0.4) is 0 Å². The largest absolute Gasteiger partial charge is 0.350 e. The predicted octanol–water partition coefficient (Wildman–Crippen LogP) is 2.23. The first-order valence-corrected chi connectivity index (χ1v) is 9.93. The molecular weight excluding hydrogens is 359 g/mol. The van der Waals surface area contributed by atoms with E-state index in [0.29, 0.717) is 45.1 Å². The number of carbonyl (C=O) groups is 2. The average molecular weight is 388 g/mol. The van der Waals surface area contributed by atoms with Gasteiger partial charge in [0.25, 0.3) is 5.91 Å². The summed E-state index contributed by atoms with van der Waals surface area (Å²) in [5, 5.41) is 3.15. The Bertz CT molecular complexity index is 742. The van der Waals surface area contributed by atoms with Crippen molar-refractivity contribution in [2.24, 2.45) is 5.92 Å². The van der Waals surface area contributed by atoms with Crippen LogP contribution in [-0.4, -0.2) is 64.9 Å². The molecule has 0 aromatic carbocycles. The Labute approximate surface area is 165 Å². The van der Waals surface area contributed by atoms with E-state index in [2.05, 4.69) is 27.4 Å². The molecular formula is C21H29FN4O2. The number of nitrogens with one attached hydrogen (secondary N) is 1. The summed E-state index contributed by atoms with van der Waals surface area (Å²) in [7, 11) is 0. The lowest BCUT2D eigenvalue weighted by Gasteiger charge is -2.39. The van der Waals surface area contributed by atoms with Crippen LogP contribution in [0.1, 0.15) is 43.5 Å². The fourth-order valence-corrected chi connectivity index (χ4v) is 3.96. The molecule has 1 aliphatic heterocycles. The molecule has 0 saturated carbocycles. The zero-order valence-electron chi connectivity index (χ0n) is 16.7. The smallest absolute Gasteiger partial charge is 0.257 e. The lowest BCUT2D eigenvalue weighted by molar-refractivity contribution is -0.123. The summed E-state index contributed by atoms with van der Waals surface area (Å²) in [6.07, 6.45) is 9.43. The van der Waals surface area contributed by atoms with Gasteiger partial charge in [-0.05, 0) is 38.7 Å². The molecule has 0 spiro atoms.